The third-order valence-electron chi connectivity index (χ3n) is 7.84. The number of carbonyl (C=O) groups excluding carboxylic acids is 1. The van der Waals surface area contributed by atoms with Crippen molar-refractivity contribution in [3.05, 3.63) is 88.6 Å². The van der Waals surface area contributed by atoms with Gasteiger partial charge < -0.3 is 24.4 Å². The molecule has 1 aliphatic rings. The van der Waals surface area contributed by atoms with Crippen molar-refractivity contribution < 1.29 is 28.7 Å². The van der Waals surface area contributed by atoms with E-state index in [1.807, 2.05) is 68.4 Å². The number of carboxylic acids is 1. The summed E-state index contributed by atoms with van der Waals surface area (Å²) in [4.78, 5) is 29.5. The second kappa shape index (κ2) is 17.1. The molecule has 1 fully saturated rings. The van der Waals surface area contributed by atoms with Crippen LogP contribution in [0.4, 0.5) is 10.5 Å². The molecule has 2 amide bonds. The van der Waals surface area contributed by atoms with Gasteiger partial charge in [-0.1, -0.05) is 79.1 Å². The summed E-state index contributed by atoms with van der Waals surface area (Å²) >= 11 is 11.1. The van der Waals surface area contributed by atoms with Crippen molar-refractivity contribution >= 4 is 46.6 Å². The minimum absolute atomic E-state index is 0.0621. The summed E-state index contributed by atoms with van der Waals surface area (Å²) in [6, 6.07) is 19.1. The molecule has 1 aromatic heterocycles. The molecule has 248 valence electrons. The minimum Gasteiger partial charge on any atom is -0.495 e. The lowest BCUT2D eigenvalue weighted by atomic mass is 9.98. The fourth-order valence-electron chi connectivity index (χ4n) is 5.21. The smallest absolute Gasteiger partial charge is 0.345 e. The van der Waals surface area contributed by atoms with Gasteiger partial charge in [0, 0.05) is 35.6 Å². The quantitative estimate of drug-likeness (QED) is 0.106. The Morgan fingerprint density at radius 1 is 1.06 bits per heavy atom. The van der Waals surface area contributed by atoms with Gasteiger partial charge in [-0.3, -0.25) is 0 Å². The van der Waals surface area contributed by atoms with Crippen LogP contribution in [-0.4, -0.2) is 47.6 Å². The second-order valence-corrected chi connectivity index (χ2v) is 11.3. The molecule has 0 aliphatic heterocycles. The van der Waals surface area contributed by atoms with E-state index in [4.69, 9.17) is 25.6 Å². The highest BCUT2D eigenvalue weighted by Gasteiger charge is 2.33. The van der Waals surface area contributed by atoms with Crippen LogP contribution in [0.15, 0.2) is 76.2 Å². The molecule has 1 heterocycles. The summed E-state index contributed by atoms with van der Waals surface area (Å²) in [6.07, 6.45) is 5.09. The number of benzene rings is 3. The van der Waals surface area contributed by atoms with Gasteiger partial charge >= 0.3 is 12.0 Å². The van der Waals surface area contributed by atoms with Crippen LogP contribution >= 0.6 is 23.2 Å². The largest absolute Gasteiger partial charge is 0.495 e. The number of amides is 2. The van der Waals surface area contributed by atoms with Crippen molar-refractivity contribution in [1.29, 1.82) is 0 Å². The zero-order chi connectivity index (χ0) is 33.9. The number of methoxy groups -OCH3 is 1. The van der Waals surface area contributed by atoms with Gasteiger partial charge in [0.05, 0.1) is 36.1 Å². The molecule has 0 spiro atoms. The number of urea groups is 1. The molecule has 2 N–H and O–H groups in total. The Bertz CT molecular complexity index is 1700. The fourth-order valence-corrected chi connectivity index (χ4v) is 5.44. The summed E-state index contributed by atoms with van der Waals surface area (Å²) in [6.45, 7) is 4.27. The van der Waals surface area contributed by atoms with Crippen LogP contribution < -0.4 is 10.1 Å². The first-order valence-electron chi connectivity index (χ1n) is 15.4. The molecule has 47 heavy (non-hydrogen) atoms. The number of hydrogen-bond donors (Lipinski definition) is 2. The first-order valence-corrected chi connectivity index (χ1v) is 16.6. The van der Waals surface area contributed by atoms with E-state index in [1.54, 1.807) is 6.07 Å². The Labute approximate surface area is 284 Å². The molecule has 1 aliphatic carbocycles. The number of nitrogens with zero attached hydrogens (tertiary/aromatic N) is 2. The van der Waals surface area contributed by atoms with Gasteiger partial charge in [0.15, 0.2) is 0 Å². The van der Waals surface area contributed by atoms with Crippen molar-refractivity contribution in [1.82, 2.24) is 5.16 Å². The topological polar surface area (TPSA) is 123 Å². The number of carbonyl (C=O) groups is 2. The molecule has 4 aromatic rings. The Hall–Kier alpha value is -4.18. The Balaban J connectivity index is 0.00000245. The van der Waals surface area contributed by atoms with Crippen molar-refractivity contribution in [2.24, 2.45) is 4.99 Å². The highest BCUT2D eigenvalue weighted by atomic mass is 35.5. The highest BCUT2D eigenvalue weighted by molar-refractivity contribution is 6.33. The molecule has 1 saturated carbocycles. The van der Waals surface area contributed by atoms with Gasteiger partial charge in [0.1, 0.15) is 17.2 Å². The zero-order valence-corrected chi connectivity index (χ0v) is 28.4. The average Bonchev–Trinajstić information content (AvgIpc) is 3.86. The summed E-state index contributed by atoms with van der Waals surface area (Å²) in [5.74, 6) is 0.309. The first-order chi connectivity index (χ1) is 22.8. The number of anilines is 1. The van der Waals surface area contributed by atoms with Crippen LogP contribution in [0.5, 0.6) is 5.75 Å². The predicted octanol–water partition coefficient (Wildman–Crippen LogP) is 9.87. The van der Waals surface area contributed by atoms with Crippen molar-refractivity contribution in [3.63, 3.8) is 0 Å². The number of hydrogen-bond acceptors (Lipinski definition) is 6. The van der Waals surface area contributed by atoms with Gasteiger partial charge in [-0.25, -0.2) is 14.6 Å². The van der Waals surface area contributed by atoms with E-state index < -0.39 is 12.0 Å². The molecule has 11 heteroatoms. The van der Waals surface area contributed by atoms with Crippen molar-refractivity contribution in [3.8, 4) is 28.1 Å². The maximum Gasteiger partial charge on any atom is 0.345 e. The van der Waals surface area contributed by atoms with E-state index in [2.05, 4.69) is 27.1 Å². The number of halogens is 2. The lowest BCUT2D eigenvalue weighted by molar-refractivity contribution is 0.0422. The molecule has 0 bridgehead atoms. The number of ether oxygens (including phenoxy) is 2. The van der Waals surface area contributed by atoms with Gasteiger partial charge in [-0.2, -0.15) is 0 Å². The Morgan fingerprint density at radius 2 is 1.77 bits per heavy atom. The van der Waals surface area contributed by atoms with Crippen LogP contribution in [0.2, 0.25) is 5.02 Å². The minimum atomic E-state index is -1.10. The standard InChI is InChI=1S/C35H36ClN3O6.CH3Cl/c1-4-23(37-35(42)38-30-18-26(21-11-7-6-8-12-21)27(34(40)41)19-31(30)43-3)17-24(5-2)44-20-28-32(25-13-9-10-14-29(25)36)39-45-33(28)22-15-16-22;1-2/h6-14,18-19,22,24H,4-5,15-17,20H2,1-3H3,(H,38,42)(H,40,41);1H3. The number of carboxylic acid groups (broad SMARTS) is 1. The molecule has 0 saturated heterocycles. The summed E-state index contributed by atoms with van der Waals surface area (Å²) in [5.41, 5.74) is 4.60. The van der Waals surface area contributed by atoms with Gasteiger partial charge in [0.2, 0.25) is 0 Å². The molecule has 3 aromatic carbocycles. The van der Waals surface area contributed by atoms with Crippen LogP contribution in [0.3, 0.4) is 0 Å². The molecule has 0 radical (unpaired) electrons. The lowest BCUT2D eigenvalue weighted by Gasteiger charge is -2.18. The van der Waals surface area contributed by atoms with Crippen LogP contribution in [-0.2, 0) is 11.3 Å². The summed E-state index contributed by atoms with van der Waals surface area (Å²) in [7, 11) is 1.42. The number of rotatable bonds is 13. The third kappa shape index (κ3) is 9.00. The maximum absolute atomic E-state index is 13.1. The molecular formula is C36H39Cl2N3O6. The molecule has 5 rings (SSSR count). The predicted molar refractivity (Wildman–Crippen MR) is 186 cm³/mol. The van der Waals surface area contributed by atoms with E-state index in [0.29, 0.717) is 65.0 Å². The molecule has 1 atom stereocenters. The SMILES string of the molecule is CCC(CC(CC)OCc1c(-c2ccccc2Cl)noc1C1CC1)=NC(=O)Nc1cc(-c2ccccc2)c(C(=O)O)cc1OC.CCl. The molecule has 1 unspecified atom stereocenters. The zero-order valence-electron chi connectivity index (χ0n) is 26.9. The number of aromatic nitrogens is 1. The van der Waals surface area contributed by atoms with Gasteiger partial charge in [-0.15, -0.1) is 11.6 Å². The summed E-state index contributed by atoms with van der Waals surface area (Å²) in [5, 5.41) is 17.6. The highest BCUT2D eigenvalue weighted by Crippen LogP contribution is 2.45. The normalized spacial score (nSPS) is 13.4. The van der Waals surface area contributed by atoms with Gasteiger partial charge in [0.25, 0.3) is 0 Å². The number of nitrogens with one attached hydrogen (secondary N) is 1. The fraction of sp³-hybridized carbons (Fsp3) is 0.333. The Kier molecular flexibility index (Phi) is 13.0. The first kappa shape index (κ1) is 35.7. The van der Waals surface area contributed by atoms with E-state index in [-0.39, 0.29) is 17.4 Å². The number of aliphatic imine (C=N–C) groups is 1. The third-order valence-corrected chi connectivity index (χ3v) is 8.17. The lowest BCUT2D eigenvalue weighted by Crippen LogP contribution is -2.19. The second-order valence-electron chi connectivity index (χ2n) is 10.9. The summed E-state index contributed by atoms with van der Waals surface area (Å²) < 4.78 is 17.6. The number of alkyl halides is 1. The van der Waals surface area contributed by atoms with Crippen LogP contribution in [0.25, 0.3) is 22.4 Å². The Morgan fingerprint density at radius 3 is 2.38 bits per heavy atom. The van der Waals surface area contributed by atoms with Crippen molar-refractivity contribution in [2.75, 3.05) is 18.8 Å². The van der Waals surface area contributed by atoms with E-state index in [9.17, 15) is 14.7 Å². The van der Waals surface area contributed by atoms with E-state index in [0.717, 1.165) is 29.7 Å². The van der Waals surface area contributed by atoms with E-state index in [1.165, 1.54) is 19.6 Å². The average molecular weight is 681 g/mol. The van der Waals surface area contributed by atoms with Crippen LogP contribution in [0.1, 0.15) is 73.6 Å². The maximum atomic E-state index is 13.1. The monoisotopic (exact) mass is 679 g/mol. The van der Waals surface area contributed by atoms with Gasteiger partial charge in [-0.05, 0) is 55.0 Å². The van der Waals surface area contributed by atoms with E-state index >= 15 is 0 Å². The molecule has 9 nitrogen and oxygen atoms in total. The number of aromatic carboxylic acids is 1. The van der Waals surface area contributed by atoms with Crippen molar-refractivity contribution in [2.45, 2.75) is 64.6 Å². The molecular weight excluding hydrogens is 641 g/mol. The van der Waals surface area contributed by atoms with Crippen LogP contribution in [0, 0.1) is 0 Å².